The number of aliphatic hydroxyl groups excluding tert-OH is 1. The Hall–Kier alpha value is -5.65. The van der Waals surface area contributed by atoms with Crippen LogP contribution in [0.5, 0.6) is 11.5 Å². The topological polar surface area (TPSA) is 193 Å². The van der Waals surface area contributed by atoms with Crippen molar-refractivity contribution in [1.29, 1.82) is 0 Å². The van der Waals surface area contributed by atoms with Crippen LogP contribution in [0.4, 0.5) is 11.4 Å². The normalized spacial score (nSPS) is 10.9. The zero-order valence-corrected chi connectivity index (χ0v) is 28.4. The van der Waals surface area contributed by atoms with E-state index in [9.17, 15) is 19.5 Å². The van der Waals surface area contributed by atoms with E-state index in [4.69, 9.17) is 26.7 Å². The number of anilines is 1. The molecule has 0 aliphatic rings. The number of rotatable bonds is 13. The van der Waals surface area contributed by atoms with Gasteiger partial charge in [0.15, 0.2) is 11.5 Å². The Morgan fingerprint density at radius 3 is 1.61 bits per heavy atom. The third kappa shape index (κ3) is 14.3. The summed E-state index contributed by atoms with van der Waals surface area (Å²) in [5, 5.41) is 18.3. The van der Waals surface area contributed by atoms with E-state index in [2.05, 4.69) is 10.2 Å². The molecule has 0 radical (unpaired) electrons. The number of para-hydroxylation sites is 2. The summed E-state index contributed by atoms with van der Waals surface area (Å²) in [6.45, 7) is 3.78. The molecule has 49 heavy (non-hydrogen) atoms. The van der Waals surface area contributed by atoms with Crippen LogP contribution in [0, 0.1) is 0 Å². The zero-order valence-electron chi connectivity index (χ0n) is 28.4. The van der Waals surface area contributed by atoms with Gasteiger partial charge in [-0.3, -0.25) is 14.4 Å². The van der Waals surface area contributed by atoms with Gasteiger partial charge in [-0.2, -0.15) is 5.11 Å². The molecule has 0 aliphatic carbocycles. The molecule has 11 nitrogen and oxygen atoms in total. The maximum absolute atomic E-state index is 11.8. The summed E-state index contributed by atoms with van der Waals surface area (Å²) in [4.78, 5) is 34.0. The van der Waals surface area contributed by atoms with E-state index in [0.29, 0.717) is 30.3 Å². The first-order chi connectivity index (χ1) is 23.5. The van der Waals surface area contributed by atoms with Gasteiger partial charge in [-0.25, -0.2) is 0 Å². The van der Waals surface area contributed by atoms with Crippen LogP contribution in [0.25, 0.3) is 0 Å². The van der Waals surface area contributed by atoms with Crippen LogP contribution in [0.2, 0.25) is 0 Å². The molecule has 0 heterocycles. The Balaban J connectivity index is 0.000000292. The highest BCUT2D eigenvalue weighted by molar-refractivity contribution is 5.99. The van der Waals surface area contributed by atoms with Crippen LogP contribution in [0.3, 0.4) is 0 Å². The number of carbonyl (C=O) groups is 3. The number of methoxy groups -OCH3 is 2. The van der Waals surface area contributed by atoms with Crippen molar-refractivity contribution in [2.24, 2.45) is 21.7 Å². The molecule has 0 spiro atoms. The summed E-state index contributed by atoms with van der Waals surface area (Å²) in [6, 6.07) is 29.3. The van der Waals surface area contributed by atoms with Crippen molar-refractivity contribution in [3.05, 3.63) is 131 Å². The van der Waals surface area contributed by atoms with Gasteiger partial charge in [0.2, 0.25) is 0 Å². The van der Waals surface area contributed by atoms with Crippen LogP contribution in [0.1, 0.15) is 42.5 Å². The summed E-state index contributed by atoms with van der Waals surface area (Å²) >= 11 is 0. The number of ether oxygens (including phenoxy) is 2. The minimum Gasteiger partial charge on any atom is -0.509 e. The predicted molar refractivity (Wildman–Crippen MR) is 192 cm³/mol. The minimum atomic E-state index is -0.366. The van der Waals surface area contributed by atoms with Crippen LogP contribution in [0.15, 0.2) is 119 Å². The van der Waals surface area contributed by atoms with Gasteiger partial charge >= 0.3 is 0 Å². The van der Waals surface area contributed by atoms with Gasteiger partial charge in [0.05, 0.1) is 26.3 Å². The van der Waals surface area contributed by atoms with Gasteiger partial charge in [-0.15, -0.1) is 5.11 Å². The predicted octanol–water partition coefficient (Wildman–Crippen LogP) is 6.35. The molecule has 0 unspecified atom stereocenters. The Kier molecular flexibility index (Phi) is 17.2. The molecule has 0 aromatic heterocycles. The minimum absolute atomic E-state index is 0.00194. The quantitative estimate of drug-likeness (QED) is 0.0413. The van der Waals surface area contributed by atoms with Crippen molar-refractivity contribution in [3.8, 4) is 11.5 Å². The van der Waals surface area contributed by atoms with Crippen molar-refractivity contribution >= 4 is 28.7 Å². The fourth-order valence-electron chi connectivity index (χ4n) is 4.31. The van der Waals surface area contributed by atoms with Crippen molar-refractivity contribution in [1.82, 2.24) is 0 Å². The number of allylic oxidation sites excluding steroid dienone is 2. The summed E-state index contributed by atoms with van der Waals surface area (Å²) in [5.74, 6) is 0.622. The fraction of sp³-hybridized carbons (Fsp3) is 0.237. The van der Waals surface area contributed by atoms with Gasteiger partial charge in [-0.1, -0.05) is 60.7 Å². The number of aliphatic hydroxyl groups is 1. The molecule has 4 aromatic rings. The maximum Gasteiger partial charge on any atom is 0.183 e. The molecule has 0 saturated heterocycles. The molecule has 0 bridgehead atoms. The summed E-state index contributed by atoms with van der Waals surface area (Å²) in [7, 11) is 3.12. The van der Waals surface area contributed by atoms with E-state index in [1.165, 1.54) is 13.8 Å². The van der Waals surface area contributed by atoms with Crippen LogP contribution in [-0.2, 0) is 40.3 Å². The lowest BCUT2D eigenvalue weighted by Gasteiger charge is -2.08. The highest BCUT2D eigenvalue weighted by Gasteiger charge is 2.14. The molecule has 11 heteroatoms. The number of ketones is 3. The standard InChI is InChI=1S/C19H21N3O3.C12H14O3.C7H10N2/c1-13(23)19(22-21-16-9-7-14(12-20)8-10-16)17(24)11-15-5-3-4-6-18(15)25-2;1-9(13)7-11(14)8-10-5-3-4-6-12(10)15-2;8-5-6-1-3-7(9)4-2-6/h3-10,24H,11-12,20H2,1-2H3;3-6H,7-8H2,1-2H3;1-4H,5,8-9H2. The molecule has 0 saturated carbocycles. The summed E-state index contributed by atoms with van der Waals surface area (Å²) in [6.07, 6.45) is 0.381. The molecule has 4 aromatic carbocycles. The molecule has 258 valence electrons. The van der Waals surface area contributed by atoms with E-state index >= 15 is 0 Å². The molecule has 0 fully saturated rings. The number of azo groups is 1. The van der Waals surface area contributed by atoms with E-state index in [1.807, 2.05) is 72.8 Å². The van der Waals surface area contributed by atoms with Crippen LogP contribution >= 0.6 is 0 Å². The van der Waals surface area contributed by atoms with Crippen molar-refractivity contribution in [3.63, 3.8) is 0 Å². The average Bonchev–Trinajstić information content (AvgIpc) is 3.09. The molecule has 4 rings (SSSR count). The van der Waals surface area contributed by atoms with Crippen molar-refractivity contribution < 1.29 is 29.0 Å². The van der Waals surface area contributed by atoms with Gasteiger partial charge in [-0.05, 0) is 54.4 Å². The van der Waals surface area contributed by atoms with E-state index in [1.54, 1.807) is 38.5 Å². The Labute approximate surface area is 287 Å². The average molecular weight is 668 g/mol. The lowest BCUT2D eigenvalue weighted by Crippen LogP contribution is -2.08. The zero-order chi connectivity index (χ0) is 36.2. The smallest absolute Gasteiger partial charge is 0.183 e. The summed E-state index contributed by atoms with van der Waals surface area (Å²) < 4.78 is 10.4. The second kappa shape index (κ2) is 21.3. The number of hydrogen-bond acceptors (Lipinski definition) is 11. The highest BCUT2D eigenvalue weighted by atomic mass is 16.5. The molecular formula is C38H45N5O6. The fourth-order valence-corrected chi connectivity index (χ4v) is 4.31. The van der Waals surface area contributed by atoms with Gasteiger partial charge in [0.1, 0.15) is 28.8 Å². The Bertz CT molecular complexity index is 1720. The van der Waals surface area contributed by atoms with Gasteiger partial charge in [0.25, 0.3) is 0 Å². The lowest BCUT2D eigenvalue weighted by atomic mass is 10.0. The number of Topliss-reactive ketones (excluding diaryl/α,β-unsaturated/α-hetero) is 3. The van der Waals surface area contributed by atoms with Gasteiger partial charge in [0, 0.05) is 49.7 Å². The number of hydrogen-bond donors (Lipinski definition) is 4. The van der Waals surface area contributed by atoms with Crippen molar-refractivity contribution in [2.75, 3.05) is 20.0 Å². The van der Waals surface area contributed by atoms with Crippen LogP contribution < -0.4 is 26.7 Å². The number of nitrogens with zero attached hydrogens (tertiary/aromatic N) is 2. The third-order valence-corrected chi connectivity index (χ3v) is 6.84. The number of nitrogens with two attached hydrogens (primary N) is 3. The maximum atomic E-state index is 11.8. The van der Waals surface area contributed by atoms with Crippen molar-refractivity contribution in [2.45, 2.75) is 46.2 Å². The number of nitrogen functional groups attached to an aromatic ring is 1. The monoisotopic (exact) mass is 667 g/mol. The highest BCUT2D eigenvalue weighted by Crippen LogP contribution is 2.23. The SMILES string of the molecule is COc1ccccc1CC(=O)CC(C)=O.COc1ccccc1CC(O)=C(N=Nc1ccc(CN)cc1)C(C)=O.NCc1ccc(N)cc1. The first-order valence-corrected chi connectivity index (χ1v) is 15.4. The lowest BCUT2D eigenvalue weighted by molar-refractivity contribution is -0.125. The third-order valence-electron chi connectivity index (χ3n) is 6.84. The molecule has 0 aliphatic heterocycles. The molecule has 7 N–H and O–H groups in total. The number of carbonyl (C=O) groups excluding carboxylic acids is 3. The molecular weight excluding hydrogens is 622 g/mol. The first-order valence-electron chi connectivity index (χ1n) is 15.4. The first kappa shape index (κ1) is 39.5. The van der Waals surface area contributed by atoms with Gasteiger partial charge < -0.3 is 31.8 Å². The second-order valence-corrected chi connectivity index (χ2v) is 10.8. The molecule has 0 amide bonds. The number of benzene rings is 4. The van der Waals surface area contributed by atoms with E-state index < -0.39 is 0 Å². The second-order valence-electron chi connectivity index (χ2n) is 10.8. The largest absolute Gasteiger partial charge is 0.509 e. The Morgan fingerprint density at radius 2 is 1.16 bits per heavy atom. The van der Waals surface area contributed by atoms with Crippen LogP contribution in [-0.4, -0.2) is 36.7 Å². The molecule has 0 atom stereocenters. The van der Waals surface area contributed by atoms with E-state index in [-0.39, 0.29) is 48.1 Å². The van der Waals surface area contributed by atoms with E-state index in [0.717, 1.165) is 27.9 Å². The Morgan fingerprint density at radius 1 is 0.694 bits per heavy atom. The summed E-state index contributed by atoms with van der Waals surface area (Å²) in [5.41, 5.74) is 21.3.